The minimum Gasteiger partial charge on any atom is -0.337 e. The van der Waals surface area contributed by atoms with E-state index in [9.17, 15) is 9.59 Å². The van der Waals surface area contributed by atoms with Crippen LogP contribution >= 0.6 is 11.3 Å². The van der Waals surface area contributed by atoms with Crippen molar-refractivity contribution in [2.45, 2.75) is 12.8 Å². The van der Waals surface area contributed by atoms with Crippen LogP contribution in [-0.4, -0.2) is 45.0 Å². The molecule has 0 saturated carbocycles. The van der Waals surface area contributed by atoms with Crippen molar-refractivity contribution < 1.29 is 9.59 Å². The summed E-state index contributed by atoms with van der Waals surface area (Å²) in [5.41, 5.74) is 0. The number of hydrogen-bond acceptors (Lipinski definition) is 5. The molecule has 2 aromatic rings. The molecule has 7 nitrogen and oxygen atoms in total. The van der Waals surface area contributed by atoms with E-state index < -0.39 is 0 Å². The average molecular weight is 305 g/mol. The Morgan fingerprint density at radius 3 is 3.10 bits per heavy atom. The lowest BCUT2D eigenvalue weighted by atomic mass is 9.97. The van der Waals surface area contributed by atoms with Gasteiger partial charge in [0.2, 0.25) is 11.9 Å². The van der Waals surface area contributed by atoms with Crippen LogP contribution in [0.25, 0.3) is 0 Å². The van der Waals surface area contributed by atoms with Crippen LogP contribution in [-0.2, 0) is 4.79 Å². The Morgan fingerprint density at radius 2 is 2.38 bits per heavy atom. The molecule has 8 heteroatoms. The topological polar surface area (TPSA) is 91.0 Å². The zero-order chi connectivity index (χ0) is 14.7. The number of anilines is 1. The van der Waals surface area contributed by atoms with Gasteiger partial charge in [-0.2, -0.15) is 10.1 Å². The molecule has 1 fully saturated rings. The van der Waals surface area contributed by atoms with Gasteiger partial charge in [-0.05, 0) is 24.3 Å². The Hall–Kier alpha value is -2.22. The van der Waals surface area contributed by atoms with Crippen molar-refractivity contribution in [3.05, 3.63) is 28.7 Å². The van der Waals surface area contributed by atoms with Gasteiger partial charge in [0.15, 0.2) is 0 Å². The van der Waals surface area contributed by atoms with Gasteiger partial charge in [-0.1, -0.05) is 6.07 Å². The second-order valence-corrected chi connectivity index (χ2v) is 5.84. The third-order valence-electron chi connectivity index (χ3n) is 3.47. The van der Waals surface area contributed by atoms with Crippen LogP contribution in [0.2, 0.25) is 0 Å². The first-order valence-corrected chi connectivity index (χ1v) is 7.61. The highest BCUT2D eigenvalue weighted by Gasteiger charge is 2.29. The van der Waals surface area contributed by atoms with E-state index in [2.05, 4.69) is 20.5 Å². The Balaban J connectivity index is 1.63. The van der Waals surface area contributed by atoms with E-state index in [0.29, 0.717) is 23.9 Å². The summed E-state index contributed by atoms with van der Waals surface area (Å²) in [6.07, 6.45) is 2.93. The zero-order valence-electron chi connectivity index (χ0n) is 11.3. The van der Waals surface area contributed by atoms with Crippen LogP contribution in [0.1, 0.15) is 22.5 Å². The maximum atomic E-state index is 12.3. The lowest BCUT2D eigenvalue weighted by Gasteiger charge is -2.31. The SMILES string of the molecule is O=C(Nc1ncn[nH]1)[C@H]1CCCN(C(=O)c2cccs2)C1. The molecule has 0 unspecified atom stereocenters. The number of rotatable bonds is 3. The Bertz CT molecular complexity index is 611. The summed E-state index contributed by atoms with van der Waals surface area (Å²) in [4.78, 5) is 30.8. The zero-order valence-corrected chi connectivity index (χ0v) is 12.1. The predicted octanol–water partition coefficient (Wildman–Crippen LogP) is 1.36. The molecule has 1 saturated heterocycles. The van der Waals surface area contributed by atoms with Crippen molar-refractivity contribution in [1.82, 2.24) is 20.1 Å². The van der Waals surface area contributed by atoms with Crippen LogP contribution < -0.4 is 5.32 Å². The van der Waals surface area contributed by atoms with Gasteiger partial charge in [0.1, 0.15) is 6.33 Å². The van der Waals surface area contributed by atoms with Crippen LogP contribution in [0.5, 0.6) is 0 Å². The van der Waals surface area contributed by atoms with Gasteiger partial charge < -0.3 is 4.90 Å². The highest BCUT2D eigenvalue weighted by molar-refractivity contribution is 7.12. The minimum atomic E-state index is -0.215. The van der Waals surface area contributed by atoms with Gasteiger partial charge in [-0.3, -0.25) is 14.9 Å². The van der Waals surface area contributed by atoms with Crippen molar-refractivity contribution in [2.24, 2.45) is 5.92 Å². The molecule has 0 aliphatic carbocycles. The molecule has 21 heavy (non-hydrogen) atoms. The lowest BCUT2D eigenvalue weighted by molar-refractivity contribution is -0.121. The summed E-state index contributed by atoms with van der Waals surface area (Å²) in [6.45, 7) is 1.14. The van der Waals surface area contributed by atoms with Crippen molar-refractivity contribution in [3.63, 3.8) is 0 Å². The first-order chi connectivity index (χ1) is 10.2. The van der Waals surface area contributed by atoms with Gasteiger partial charge in [-0.25, -0.2) is 5.10 Å². The molecular formula is C13H15N5O2S. The van der Waals surface area contributed by atoms with Crippen LogP contribution in [0.15, 0.2) is 23.8 Å². The molecule has 1 atom stereocenters. The molecule has 0 bridgehead atoms. The number of nitrogens with zero attached hydrogens (tertiary/aromatic N) is 3. The number of carbonyl (C=O) groups is 2. The highest BCUT2D eigenvalue weighted by Crippen LogP contribution is 2.21. The molecule has 2 N–H and O–H groups in total. The number of aromatic nitrogens is 3. The number of H-pyrrole nitrogens is 1. The summed E-state index contributed by atoms with van der Waals surface area (Å²) in [6, 6.07) is 3.67. The quantitative estimate of drug-likeness (QED) is 0.895. The molecule has 0 aromatic carbocycles. The molecule has 2 amide bonds. The van der Waals surface area contributed by atoms with Gasteiger partial charge in [-0.15, -0.1) is 11.3 Å². The number of aromatic amines is 1. The average Bonchev–Trinajstić information content (AvgIpc) is 3.20. The second kappa shape index (κ2) is 6.04. The first kappa shape index (κ1) is 13.7. The number of hydrogen-bond donors (Lipinski definition) is 2. The predicted molar refractivity (Wildman–Crippen MR) is 78.0 cm³/mol. The molecule has 1 aliphatic heterocycles. The van der Waals surface area contributed by atoms with E-state index >= 15 is 0 Å². The van der Waals surface area contributed by atoms with Gasteiger partial charge in [0.25, 0.3) is 5.91 Å². The fourth-order valence-corrected chi connectivity index (χ4v) is 3.11. The third-order valence-corrected chi connectivity index (χ3v) is 4.33. The standard InChI is InChI=1S/C13H15N5O2S/c19-11(16-13-14-8-15-17-13)9-3-1-5-18(7-9)12(20)10-4-2-6-21-10/h2,4,6,8-9H,1,3,5,7H2,(H2,14,15,16,17,19)/t9-/m0/s1. The molecule has 3 rings (SSSR count). The molecular weight excluding hydrogens is 290 g/mol. The third kappa shape index (κ3) is 3.10. The molecule has 0 spiro atoms. The van der Waals surface area contributed by atoms with E-state index in [1.165, 1.54) is 17.7 Å². The number of thiophene rings is 1. The second-order valence-electron chi connectivity index (χ2n) is 4.89. The van der Waals surface area contributed by atoms with Crippen molar-refractivity contribution >= 4 is 29.1 Å². The van der Waals surface area contributed by atoms with E-state index in [0.717, 1.165) is 12.8 Å². The fraction of sp³-hybridized carbons (Fsp3) is 0.385. The van der Waals surface area contributed by atoms with Gasteiger partial charge >= 0.3 is 0 Å². The summed E-state index contributed by atoms with van der Waals surface area (Å²) in [5, 5.41) is 10.8. The number of likely N-dealkylation sites (tertiary alicyclic amines) is 1. The van der Waals surface area contributed by atoms with Crippen LogP contribution in [0, 0.1) is 5.92 Å². The van der Waals surface area contributed by atoms with E-state index in [1.807, 2.05) is 17.5 Å². The Morgan fingerprint density at radius 1 is 1.48 bits per heavy atom. The van der Waals surface area contributed by atoms with E-state index in [1.54, 1.807) is 4.90 Å². The van der Waals surface area contributed by atoms with Crippen LogP contribution in [0.4, 0.5) is 5.95 Å². The summed E-state index contributed by atoms with van der Waals surface area (Å²) in [5.74, 6) is -0.00735. The van der Waals surface area contributed by atoms with Gasteiger partial charge in [0, 0.05) is 13.1 Å². The van der Waals surface area contributed by atoms with Crippen LogP contribution in [0.3, 0.4) is 0 Å². The number of amides is 2. The Kier molecular flexibility index (Phi) is 3.96. The van der Waals surface area contributed by atoms with Gasteiger partial charge in [0.05, 0.1) is 10.8 Å². The molecule has 0 radical (unpaired) electrons. The number of piperidine rings is 1. The smallest absolute Gasteiger partial charge is 0.263 e. The summed E-state index contributed by atoms with van der Waals surface area (Å²) < 4.78 is 0. The summed E-state index contributed by atoms with van der Waals surface area (Å²) >= 11 is 1.42. The molecule has 2 aromatic heterocycles. The van der Waals surface area contributed by atoms with Crippen molar-refractivity contribution in [2.75, 3.05) is 18.4 Å². The molecule has 1 aliphatic rings. The maximum absolute atomic E-state index is 12.3. The maximum Gasteiger partial charge on any atom is 0.263 e. The molecule has 3 heterocycles. The van der Waals surface area contributed by atoms with E-state index in [4.69, 9.17) is 0 Å². The normalized spacial score (nSPS) is 18.5. The van der Waals surface area contributed by atoms with Crippen molar-refractivity contribution in [1.29, 1.82) is 0 Å². The highest BCUT2D eigenvalue weighted by atomic mass is 32.1. The van der Waals surface area contributed by atoms with Crippen molar-refractivity contribution in [3.8, 4) is 0 Å². The fourth-order valence-electron chi connectivity index (χ4n) is 2.42. The Labute approximate surface area is 125 Å². The number of carbonyl (C=O) groups excluding carboxylic acids is 2. The lowest BCUT2D eigenvalue weighted by Crippen LogP contribution is -2.43. The summed E-state index contributed by atoms with van der Waals surface area (Å²) in [7, 11) is 0. The number of nitrogens with one attached hydrogen (secondary N) is 2. The van der Waals surface area contributed by atoms with E-state index in [-0.39, 0.29) is 17.7 Å². The monoisotopic (exact) mass is 305 g/mol. The largest absolute Gasteiger partial charge is 0.337 e. The molecule has 110 valence electrons. The minimum absolute atomic E-state index is 0.00200. The first-order valence-electron chi connectivity index (χ1n) is 6.73.